The van der Waals surface area contributed by atoms with E-state index in [0.29, 0.717) is 16.1 Å². The van der Waals surface area contributed by atoms with Crippen LogP contribution in [0, 0.1) is 6.92 Å². The second-order valence-corrected chi connectivity index (χ2v) is 10.4. The molecule has 8 nitrogen and oxygen atoms in total. The van der Waals surface area contributed by atoms with Crippen molar-refractivity contribution in [3.8, 4) is 0 Å². The van der Waals surface area contributed by atoms with Crippen molar-refractivity contribution in [2.24, 2.45) is 0 Å². The summed E-state index contributed by atoms with van der Waals surface area (Å²) in [7, 11) is 0. The lowest BCUT2D eigenvalue weighted by Gasteiger charge is -2.12. The van der Waals surface area contributed by atoms with E-state index in [1.54, 1.807) is 20.8 Å². The fraction of sp³-hybridized carbons (Fsp3) is 0.440. The molecule has 186 valence electrons. The summed E-state index contributed by atoms with van der Waals surface area (Å²) in [6.45, 7) is 5.39. The van der Waals surface area contributed by atoms with Crippen molar-refractivity contribution in [2.45, 2.75) is 59.3 Å². The highest BCUT2D eigenvalue weighted by Crippen LogP contribution is 2.38. The molecule has 0 bridgehead atoms. The van der Waals surface area contributed by atoms with Gasteiger partial charge < -0.3 is 20.5 Å². The Morgan fingerprint density at radius 2 is 1.69 bits per heavy atom. The minimum atomic E-state index is -0.613. The lowest BCUT2D eigenvalue weighted by atomic mass is 9.96. The van der Waals surface area contributed by atoms with E-state index in [9.17, 15) is 14.4 Å². The Morgan fingerprint density at radius 3 is 2.40 bits per heavy atom. The Labute approximate surface area is 211 Å². The Bertz CT molecular complexity index is 1290. The van der Waals surface area contributed by atoms with Crippen LogP contribution in [0.15, 0.2) is 6.07 Å². The van der Waals surface area contributed by atoms with Gasteiger partial charge in [-0.25, -0.2) is 14.6 Å². The third kappa shape index (κ3) is 5.04. The molecule has 0 aliphatic heterocycles. The molecule has 0 saturated carbocycles. The van der Waals surface area contributed by atoms with Crippen LogP contribution in [0.4, 0.5) is 10.7 Å². The summed E-state index contributed by atoms with van der Waals surface area (Å²) in [5.41, 5.74) is 9.63. The fourth-order valence-electron chi connectivity index (χ4n) is 4.28. The molecule has 0 atom stereocenters. The number of nitrogens with two attached hydrogens (primary N) is 1. The molecule has 1 aliphatic carbocycles. The predicted octanol–water partition coefficient (Wildman–Crippen LogP) is 5.51. The largest absolute Gasteiger partial charge is 0.462 e. The van der Waals surface area contributed by atoms with Crippen molar-refractivity contribution >= 4 is 61.4 Å². The SMILES string of the molecule is CCOC(=O)c1sc(NC(=O)c2sc3nc4c(cc3c2N)CCCCCC4)c(C(=O)OCC)c1C. The summed E-state index contributed by atoms with van der Waals surface area (Å²) in [6.07, 6.45) is 6.53. The van der Waals surface area contributed by atoms with E-state index >= 15 is 0 Å². The molecule has 0 fully saturated rings. The van der Waals surface area contributed by atoms with Crippen LogP contribution in [0.2, 0.25) is 0 Å². The van der Waals surface area contributed by atoms with Crippen molar-refractivity contribution in [1.29, 1.82) is 0 Å². The molecule has 0 radical (unpaired) electrons. The van der Waals surface area contributed by atoms with Crippen LogP contribution in [-0.2, 0) is 22.3 Å². The van der Waals surface area contributed by atoms with Crippen LogP contribution in [0.3, 0.4) is 0 Å². The van der Waals surface area contributed by atoms with Gasteiger partial charge in [-0.3, -0.25) is 4.79 Å². The molecule has 0 unspecified atom stereocenters. The van der Waals surface area contributed by atoms with E-state index in [0.717, 1.165) is 52.9 Å². The first-order valence-corrected chi connectivity index (χ1v) is 13.5. The van der Waals surface area contributed by atoms with Crippen molar-refractivity contribution < 1.29 is 23.9 Å². The zero-order valence-electron chi connectivity index (χ0n) is 20.1. The molecule has 0 saturated heterocycles. The molecule has 1 aliphatic rings. The minimum Gasteiger partial charge on any atom is -0.462 e. The molecule has 3 N–H and O–H groups in total. The molecular formula is C25H29N3O5S2. The van der Waals surface area contributed by atoms with Gasteiger partial charge in [-0.2, -0.15) is 0 Å². The second kappa shape index (κ2) is 10.7. The van der Waals surface area contributed by atoms with Gasteiger partial charge in [0, 0.05) is 11.1 Å². The normalized spacial score (nSPS) is 13.6. The maximum Gasteiger partial charge on any atom is 0.348 e. The Kier molecular flexibility index (Phi) is 7.71. The lowest BCUT2D eigenvalue weighted by Crippen LogP contribution is -2.15. The van der Waals surface area contributed by atoms with Gasteiger partial charge in [-0.05, 0) is 63.6 Å². The number of pyridine rings is 1. The number of thiophene rings is 2. The average molecular weight is 516 g/mol. The summed E-state index contributed by atoms with van der Waals surface area (Å²) in [5.74, 6) is -1.62. The molecule has 3 heterocycles. The number of nitrogen functional groups attached to an aromatic ring is 1. The van der Waals surface area contributed by atoms with E-state index in [1.807, 2.05) is 0 Å². The van der Waals surface area contributed by atoms with Gasteiger partial charge in [-0.1, -0.05) is 12.8 Å². The van der Waals surface area contributed by atoms with Crippen LogP contribution in [0.25, 0.3) is 10.2 Å². The van der Waals surface area contributed by atoms with E-state index in [4.69, 9.17) is 20.2 Å². The number of hydrogen-bond donors (Lipinski definition) is 2. The third-order valence-electron chi connectivity index (χ3n) is 6.02. The van der Waals surface area contributed by atoms with Gasteiger partial charge in [0.25, 0.3) is 5.91 Å². The van der Waals surface area contributed by atoms with Crippen molar-refractivity contribution in [3.05, 3.63) is 38.2 Å². The quantitative estimate of drug-likeness (QED) is 0.415. The maximum atomic E-state index is 13.3. The predicted molar refractivity (Wildman–Crippen MR) is 139 cm³/mol. The van der Waals surface area contributed by atoms with E-state index in [2.05, 4.69) is 11.4 Å². The number of nitrogens with one attached hydrogen (secondary N) is 1. The molecule has 0 aromatic carbocycles. The van der Waals surface area contributed by atoms with Gasteiger partial charge in [-0.15, -0.1) is 22.7 Å². The molecule has 4 rings (SSSR count). The van der Waals surface area contributed by atoms with Gasteiger partial charge >= 0.3 is 11.9 Å². The van der Waals surface area contributed by atoms with Gasteiger partial charge in [0.1, 0.15) is 19.6 Å². The number of hydrogen-bond acceptors (Lipinski definition) is 9. The highest BCUT2D eigenvalue weighted by atomic mass is 32.1. The van der Waals surface area contributed by atoms with Crippen LogP contribution < -0.4 is 11.1 Å². The highest BCUT2D eigenvalue weighted by molar-refractivity contribution is 7.21. The molecule has 35 heavy (non-hydrogen) atoms. The molecule has 1 amide bonds. The van der Waals surface area contributed by atoms with Gasteiger partial charge in [0.15, 0.2) is 0 Å². The number of aromatic nitrogens is 1. The maximum absolute atomic E-state index is 13.3. The average Bonchev–Trinajstić information content (AvgIpc) is 3.30. The first-order chi connectivity index (χ1) is 16.8. The first-order valence-electron chi connectivity index (χ1n) is 11.8. The first kappa shape index (κ1) is 25.1. The van der Waals surface area contributed by atoms with E-state index < -0.39 is 17.8 Å². The second-order valence-electron chi connectivity index (χ2n) is 8.36. The molecule has 0 spiro atoms. The number of carbonyl (C=O) groups is 3. The summed E-state index contributed by atoms with van der Waals surface area (Å²) in [4.78, 5) is 44.5. The van der Waals surface area contributed by atoms with Crippen LogP contribution in [0.1, 0.15) is 86.1 Å². The Hall–Kier alpha value is -2.98. The van der Waals surface area contributed by atoms with Gasteiger partial charge in [0.05, 0.1) is 24.5 Å². The summed E-state index contributed by atoms with van der Waals surface area (Å²) >= 11 is 2.22. The number of carbonyl (C=O) groups excluding carboxylic acids is 3. The molecule has 10 heteroatoms. The molecule has 3 aromatic rings. The fourth-order valence-corrected chi connectivity index (χ4v) is 6.36. The third-order valence-corrected chi connectivity index (χ3v) is 8.32. The number of aryl methyl sites for hydroxylation is 2. The van der Waals surface area contributed by atoms with Crippen LogP contribution in [-0.4, -0.2) is 36.0 Å². The van der Waals surface area contributed by atoms with Crippen molar-refractivity contribution in [2.75, 3.05) is 24.3 Å². The molecular weight excluding hydrogens is 486 g/mol. The number of esters is 2. The number of anilines is 2. The zero-order chi connectivity index (χ0) is 25.1. The Morgan fingerprint density at radius 1 is 1.00 bits per heavy atom. The Balaban J connectivity index is 1.70. The number of nitrogens with zero attached hydrogens (tertiary/aromatic N) is 1. The van der Waals surface area contributed by atoms with Crippen LogP contribution in [0.5, 0.6) is 0 Å². The summed E-state index contributed by atoms with van der Waals surface area (Å²) in [6, 6.07) is 2.07. The van der Waals surface area contributed by atoms with Crippen molar-refractivity contribution in [1.82, 2.24) is 4.98 Å². The zero-order valence-corrected chi connectivity index (χ0v) is 21.7. The monoisotopic (exact) mass is 515 g/mol. The number of rotatable bonds is 6. The van der Waals surface area contributed by atoms with Crippen LogP contribution >= 0.6 is 22.7 Å². The number of amides is 1. The highest BCUT2D eigenvalue weighted by Gasteiger charge is 2.29. The topological polar surface area (TPSA) is 121 Å². The lowest BCUT2D eigenvalue weighted by molar-refractivity contribution is 0.0527. The van der Waals surface area contributed by atoms with E-state index in [-0.39, 0.29) is 28.7 Å². The number of fused-ring (bicyclic) bond motifs is 2. The summed E-state index contributed by atoms with van der Waals surface area (Å²) < 4.78 is 10.3. The number of ether oxygens (including phenoxy) is 2. The standard InChI is InChI=1S/C25H29N3O5S2/c1-4-32-24(30)17-13(3)19(25(31)33-5-2)34-23(17)28-21(29)20-18(26)15-12-14-10-8-6-7-9-11-16(14)27-22(15)35-20/h12H,4-11,26H2,1-3H3,(H,28,29). The molecule has 3 aromatic heterocycles. The van der Waals surface area contributed by atoms with E-state index in [1.165, 1.54) is 29.7 Å². The van der Waals surface area contributed by atoms with Gasteiger partial charge in [0.2, 0.25) is 0 Å². The smallest absolute Gasteiger partial charge is 0.348 e. The minimum absolute atomic E-state index is 0.147. The summed E-state index contributed by atoms with van der Waals surface area (Å²) in [5, 5.41) is 3.79. The van der Waals surface area contributed by atoms with Crippen molar-refractivity contribution in [3.63, 3.8) is 0 Å².